The van der Waals surface area contributed by atoms with E-state index in [4.69, 9.17) is 21.1 Å². The number of aliphatic imine (C=N–C) groups is 1. The maximum atomic E-state index is 13.0. The molecule has 0 aromatic heterocycles. The zero-order valence-electron chi connectivity index (χ0n) is 16.1. The molecule has 0 unspecified atom stereocenters. The first-order valence-electron chi connectivity index (χ1n) is 9.91. The lowest BCUT2D eigenvalue weighted by molar-refractivity contribution is 0.0775. The van der Waals surface area contributed by atoms with Gasteiger partial charge >= 0.3 is 0 Å². The molecule has 0 radical (unpaired) electrons. The molecule has 2 aliphatic heterocycles. The highest BCUT2D eigenvalue weighted by molar-refractivity contribution is 6.17. The molecule has 28 heavy (non-hydrogen) atoms. The van der Waals surface area contributed by atoms with Gasteiger partial charge in [-0.15, -0.1) is 11.6 Å². The number of unbranched alkanes of at least 4 members (excludes halogenated alkanes) is 2. The zero-order valence-corrected chi connectivity index (χ0v) is 16.9. The maximum absolute atomic E-state index is 13.0. The van der Waals surface area contributed by atoms with Crippen molar-refractivity contribution in [2.75, 3.05) is 26.1 Å². The lowest BCUT2D eigenvalue weighted by atomic mass is 10.0. The van der Waals surface area contributed by atoms with E-state index < -0.39 is 0 Å². The van der Waals surface area contributed by atoms with E-state index in [0.29, 0.717) is 29.5 Å². The number of hydrogen-bond donors (Lipinski definition) is 0. The first-order chi connectivity index (χ1) is 13.7. The number of nitrogens with zero attached hydrogens (tertiary/aromatic N) is 2. The van der Waals surface area contributed by atoms with Crippen molar-refractivity contribution < 1.29 is 14.3 Å². The minimum absolute atomic E-state index is 0.0660. The van der Waals surface area contributed by atoms with Crippen LogP contribution in [0.25, 0.3) is 10.8 Å². The van der Waals surface area contributed by atoms with E-state index in [1.165, 1.54) is 0 Å². The van der Waals surface area contributed by atoms with Crippen molar-refractivity contribution in [3.8, 4) is 11.5 Å². The van der Waals surface area contributed by atoms with Crippen molar-refractivity contribution in [2.45, 2.75) is 38.1 Å². The molecule has 6 heteroatoms. The molecule has 4 rings (SSSR count). The first-order valence-corrected chi connectivity index (χ1v) is 10.4. The Morgan fingerprint density at radius 2 is 1.96 bits per heavy atom. The fourth-order valence-corrected chi connectivity index (χ4v) is 4.11. The lowest BCUT2D eigenvalue weighted by Gasteiger charge is -2.20. The van der Waals surface area contributed by atoms with Crippen LogP contribution >= 0.6 is 11.6 Å². The fraction of sp³-hybridized carbons (Fsp3) is 0.455. The van der Waals surface area contributed by atoms with Crippen LogP contribution in [0.2, 0.25) is 0 Å². The summed E-state index contributed by atoms with van der Waals surface area (Å²) in [5, 5.41) is 1.94. The topological polar surface area (TPSA) is 51.1 Å². The Bertz CT molecular complexity index is 912. The van der Waals surface area contributed by atoms with Gasteiger partial charge in [-0.3, -0.25) is 9.79 Å². The largest absolute Gasteiger partial charge is 0.493 e. The van der Waals surface area contributed by atoms with Crippen molar-refractivity contribution in [1.29, 1.82) is 0 Å². The van der Waals surface area contributed by atoms with E-state index >= 15 is 0 Å². The van der Waals surface area contributed by atoms with Crippen molar-refractivity contribution in [3.63, 3.8) is 0 Å². The average Bonchev–Trinajstić information content (AvgIpc) is 3.14. The van der Waals surface area contributed by atoms with E-state index in [1.54, 1.807) is 7.11 Å². The highest BCUT2D eigenvalue weighted by Crippen LogP contribution is 2.37. The molecule has 1 atom stereocenters. The van der Waals surface area contributed by atoms with Gasteiger partial charge in [-0.05, 0) is 67.1 Å². The number of hydrogen-bond acceptors (Lipinski definition) is 4. The molecule has 1 saturated heterocycles. The molecule has 0 saturated carbocycles. The number of benzene rings is 2. The van der Waals surface area contributed by atoms with E-state index in [9.17, 15) is 4.79 Å². The van der Waals surface area contributed by atoms with Gasteiger partial charge in [0.25, 0.3) is 5.91 Å². The number of ether oxygens (including phenoxy) is 2. The Labute approximate surface area is 170 Å². The smallest absolute Gasteiger partial charge is 0.256 e. The van der Waals surface area contributed by atoms with Gasteiger partial charge < -0.3 is 14.4 Å². The Balaban J connectivity index is 1.66. The molecule has 1 fully saturated rings. The summed E-state index contributed by atoms with van der Waals surface area (Å²) in [6.07, 6.45) is 6.91. The van der Waals surface area contributed by atoms with Crippen molar-refractivity contribution in [2.24, 2.45) is 4.99 Å². The molecule has 5 nitrogen and oxygen atoms in total. The van der Waals surface area contributed by atoms with Crippen molar-refractivity contribution in [1.82, 2.24) is 4.90 Å². The Kier molecular flexibility index (Phi) is 5.72. The molecule has 2 aliphatic rings. The third-order valence-corrected chi connectivity index (χ3v) is 5.72. The van der Waals surface area contributed by atoms with Gasteiger partial charge in [0.1, 0.15) is 0 Å². The van der Waals surface area contributed by atoms with Gasteiger partial charge in [0, 0.05) is 18.6 Å². The second-order valence-electron chi connectivity index (χ2n) is 7.30. The Morgan fingerprint density at radius 1 is 1.14 bits per heavy atom. The van der Waals surface area contributed by atoms with Gasteiger partial charge in [0.2, 0.25) is 0 Å². The van der Waals surface area contributed by atoms with Crippen molar-refractivity contribution >= 4 is 40.2 Å². The number of alkyl halides is 1. The minimum atomic E-state index is 0.0660. The summed E-state index contributed by atoms with van der Waals surface area (Å²) in [5.74, 6) is 2.13. The highest BCUT2D eigenvalue weighted by Gasteiger charge is 2.31. The molecule has 0 spiro atoms. The van der Waals surface area contributed by atoms with Crippen molar-refractivity contribution in [3.05, 3.63) is 29.8 Å². The van der Waals surface area contributed by atoms with Crippen LogP contribution < -0.4 is 9.47 Å². The SMILES string of the molecule is COc1cc2cc3c(cc2cc1OCCCCCCl)C(=O)N1CCC[C@H]1C=N3. The molecule has 2 heterocycles. The quantitative estimate of drug-likeness (QED) is 0.487. The van der Waals surface area contributed by atoms with E-state index in [-0.39, 0.29) is 11.9 Å². The third-order valence-electron chi connectivity index (χ3n) is 5.45. The average molecular weight is 401 g/mol. The van der Waals surface area contributed by atoms with Crippen LogP contribution in [0.1, 0.15) is 42.5 Å². The maximum Gasteiger partial charge on any atom is 0.256 e. The molecule has 0 bridgehead atoms. The third kappa shape index (κ3) is 3.68. The summed E-state index contributed by atoms with van der Waals surface area (Å²) in [5.41, 5.74) is 1.38. The van der Waals surface area contributed by atoms with Crippen LogP contribution in [0, 0.1) is 0 Å². The van der Waals surface area contributed by atoms with Crippen LogP contribution in [0.4, 0.5) is 5.69 Å². The molecular formula is C22H25ClN2O3. The molecule has 2 aromatic rings. The number of methoxy groups -OCH3 is 1. The number of amides is 1. The van der Waals surface area contributed by atoms with Gasteiger partial charge in [-0.2, -0.15) is 0 Å². The number of halogens is 1. The minimum Gasteiger partial charge on any atom is -0.493 e. The van der Waals surface area contributed by atoms with Crippen LogP contribution in [0.3, 0.4) is 0 Å². The molecule has 0 N–H and O–H groups in total. The summed E-state index contributed by atoms with van der Waals surface area (Å²) in [6.45, 7) is 1.41. The molecule has 148 valence electrons. The molecule has 2 aromatic carbocycles. The Hall–Kier alpha value is -2.27. The predicted molar refractivity (Wildman–Crippen MR) is 113 cm³/mol. The fourth-order valence-electron chi connectivity index (χ4n) is 3.92. The van der Waals surface area contributed by atoms with E-state index in [1.807, 2.05) is 35.4 Å². The molecule has 0 aliphatic carbocycles. The summed E-state index contributed by atoms with van der Waals surface area (Å²) in [7, 11) is 1.64. The highest BCUT2D eigenvalue weighted by atomic mass is 35.5. The summed E-state index contributed by atoms with van der Waals surface area (Å²) >= 11 is 5.72. The number of carbonyl (C=O) groups excluding carboxylic acids is 1. The predicted octanol–water partition coefficient (Wildman–Crippen LogP) is 4.96. The van der Waals surface area contributed by atoms with Crippen LogP contribution in [0.15, 0.2) is 29.3 Å². The van der Waals surface area contributed by atoms with Gasteiger partial charge in [-0.25, -0.2) is 0 Å². The number of fused-ring (bicyclic) bond motifs is 3. The lowest BCUT2D eigenvalue weighted by Crippen LogP contribution is -2.35. The van der Waals surface area contributed by atoms with Crippen LogP contribution in [0.5, 0.6) is 11.5 Å². The van der Waals surface area contributed by atoms with Crippen LogP contribution in [-0.2, 0) is 0 Å². The van der Waals surface area contributed by atoms with Gasteiger partial charge in [0.15, 0.2) is 11.5 Å². The molecular weight excluding hydrogens is 376 g/mol. The van der Waals surface area contributed by atoms with E-state index in [2.05, 4.69) is 4.99 Å². The first kappa shape index (κ1) is 19.1. The summed E-state index contributed by atoms with van der Waals surface area (Å²) in [6, 6.07) is 7.93. The monoisotopic (exact) mass is 400 g/mol. The summed E-state index contributed by atoms with van der Waals surface area (Å²) in [4.78, 5) is 19.6. The second-order valence-corrected chi connectivity index (χ2v) is 7.68. The normalized spacial score (nSPS) is 18.1. The number of rotatable bonds is 7. The molecule has 1 amide bonds. The van der Waals surface area contributed by atoms with Crippen LogP contribution in [-0.4, -0.2) is 49.2 Å². The zero-order chi connectivity index (χ0) is 19.5. The summed E-state index contributed by atoms with van der Waals surface area (Å²) < 4.78 is 11.5. The standard InChI is InChI=1S/C22H25ClN2O3/c1-27-20-12-16-11-19-18(22(26)25-8-5-6-17(25)14-24-19)10-15(16)13-21(20)28-9-4-2-3-7-23/h10-14,17H,2-9H2,1H3/t17-/m0/s1. The van der Waals surface area contributed by atoms with E-state index in [0.717, 1.165) is 55.1 Å². The van der Waals surface area contributed by atoms with Gasteiger partial charge in [0.05, 0.1) is 31.0 Å². The number of carbonyl (C=O) groups is 1. The Morgan fingerprint density at radius 3 is 2.79 bits per heavy atom. The second kappa shape index (κ2) is 8.39. The van der Waals surface area contributed by atoms with Gasteiger partial charge in [-0.1, -0.05) is 0 Å².